The van der Waals surface area contributed by atoms with Crippen molar-refractivity contribution in [3.63, 3.8) is 0 Å². The van der Waals surface area contributed by atoms with Gasteiger partial charge in [-0.25, -0.2) is 0 Å². The first kappa shape index (κ1) is 12.9. The zero-order valence-electron chi connectivity index (χ0n) is 11.3. The van der Waals surface area contributed by atoms with Crippen molar-refractivity contribution in [2.45, 2.75) is 52.6 Å². The summed E-state index contributed by atoms with van der Waals surface area (Å²) in [5, 5.41) is 9.88. The molecule has 0 bridgehead atoms. The molecule has 2 fully saturated rings. The van der Waals surface area contributed by atoms with Crippen molar-refractivity contribution in [2.24, 2.45) is 17.3 Å². The van der Waals surface area contributed by atoms with E-state index in [1.54, 1.807) is 0 Å². The highest BCUT2D eigenvalue weighted by molar-refractivity contribution is 5.80. The summed E-state index contributed by atoms with van der Waals surface area (Å²) >= 11 is 0. The number of rotatable bonds is 1. The van der Waals surface area contributed by atoms with Crippen LogP contribution in [0.4, 0.5) is 0 Å². The molecule has 0 aromatic rings. The first-order valence-corrected chi connectivity index (χ1v) is 6.88. The van der Waals surface area contributed by atoms with Gasteiger partial charge in [0.1, 0.15) is 0 Å². The van der Waals surface area contributed by atoms with Crippen LogP contribution in [0.25, 0.3) is 0 Å². The van der Waals surface area contributed by atoms with Crippen molar-refractivity contribution in [1.82, 2.24) is 4.90 Å². The predicted molar refractivity (Wildman–Crippen MR) is 67.5 cm³/mol. The van der Waals surface area contributed by atoms with Crippen molar-refractivity contribution in [1.29, 1.82) is 0 Å². The molecule has 1 aliphatic heterocycles. The van der Waals surface area contributed by atoms with Crippen LogP contribution >= 0.6 is 0 Å². The summed E-state index contributed by atoms with van der Waals surface area (Å²) < 4.78 is 0. The number of carbonyl (C=O) groups is 1. The Morgan fingerprint density at radius 3 is 2.59 bits per heavy atom. The molecule has 1 N–H and O–H groups in total. The molecule has 0 spiro atoms. The number of carbonyl (C=O) groups excluding carboxylic acids is 1. The van der Waals surface area contributed by atoms with Gasteiger partial charge < -0.3 is 10.0 Å². The van der Waals surface area contributed by atoms with Gasteiger partial charge in [0.2, 0.25) is 5.91 Å². The fourth-order valence-corrected chi connectivity index (χ4v) is 3.25. The summed E-state index contributed by atoms with van der Waals surface area (Å²) in [6.45, 7) is 7.82. The largest absolute Gasteiger partial charge is 0.391 e. The van der Waals surface area contributed by atoms with E-state index >= 15 is 0 Å². The van der Waals surface area contributed by atoms with Crippen LogP contribution in [0, 0.1) is 17.3 Å². The van der Waals surface area contributed by atoms with Crippen molar-refractivity contribution in [3.05, 3.63) is 0 Å². The Kier molecular flexibility index (Phi) is 3.48. The lowest BCUT2D eigenvalue weighted by Crippen LogP contribution is -2.49. The van der Waals surface area contributed by atoms with Crippen molar-refractivity contribution >= 4 is 5.91 Å². The van der Waals surface area contributed by atoms with Crippen LogP contribution < -0.4 is 0 Å². The number of β-amino-alcohol motifs (C(OH)–C–C–N with tert-alkyl or cyclic N) is 1. The zero-order valence-corrected chi connectivity index (χ0v) is 11.3. The Bertz CT molecular complexity index is 301. The van der Waals surface area contributed by atoms with Gasteiger partial charge in [0.05, 0.1) is 6.10 Å². The predicted octanol–water partition coefficient (Wildman–Crippen LogP) is 2.04. The van der Waals surface area contributed by atoms with Crippen LogP contribution in [-0.4, -0.2) is 35.1 Å². The van der Waals surface area contributed by atoms with E-state index in [0.717, 1.165) is 32.2 Å². The van der Waals surface area contributed by atoms with Gasteiger partial charge in [-0.3, -0.25) is 4.79 Å². The monoisotopic (exact) mass is 239 g/mol. The van der Waals surface area contributed by atoms with Crippen LogP contribution in [0.1, 0.15) is 46.5 Å². The summed E-state index contributed by atoms with van der Waals surface area (Å²) in [5.74, 6) is 0.775. The Balaban J connectivity index is 2.01. The number of hydrogen-bond donors (Lipinski definition) is 1. The standard InChI is InChI=1S/C14H25NO2/c1-10-6-8-15(9-12(10)16)13(17)11-5-4-7-14(11,2)3/h10-12,16H,4-9H2,1-3H3. The van der Waals surface area contributed by atoms with Gasteiger partial charge in [0.15, 0.2) is 0 Å². The fourth-order valence-electron chi connectivity index (χ4n) is 3.25. The highest BCUT2D eigenvalue weighted by Crippen LogP contribution is 2.43. The molecule has 2 rings (SSSR count). The average Bonchev–Trinajstić information content (AvgIpc) is 2.61. The molecule has 1 heterocycles. The molecule has 3 unspecified atom stereocenters. The maximum Gasteiger partial charge on any atom is 0.226 e. The Morgan fingerprint density at radius 2 is 2.06 bits per heavy atom. The number of aliphatic hydroxyl groups excluding tert-OH is 1. The molecule has 3 atom stereocenters. The first-order chi connectivity index (χ1) is 7.92. The summed E-state index contributed by atoms with van der Waals surface area (Å²) in [5.41, 5.74) is 0.144. The summed E-state index contributed by atoms with van der Waals surface area (Å²) in [4.78, 5) is 14.4. The number of nitrogens with zero attached hydrogens (tertiary/aromatic N) is 1. The van der Waals surface area contributed by atoms with E-state index < -0.39 is 0 Å². The Morgan fingerprint density at radius 1 is 1.35 bits per heavy atom. The minimum atomic E-state index is -0.336. The van der Waals surface area contributed by atoms with Gasteiger partial charge >= 0.3 is 0 Å². The van der Waals surface area contributed by atoms with Gasteiger partial charge in [-0.2, -0.15) is 0 Å². The third-order valence-corrected chi connectivity index (χ3v) is 4.79. The fraction of sp³-hybridized carbons (Fsp3) is 0.929. The van der Waals surface area contributed by atoms with Gasteiger partial charge in [0.25, 0.3) is 0 Å². The first-order valence-electron chi connectivity index (χ1n) is 6.88. The van der Waals surface area contributed by atoms with Gasteiger partial charge in [-0.1, -0.05) is 27.2 Å². The van der Waals surface area contributed by atoms with Crippen LogP contribution in [0.2, 0.25) is 0 Å². The summed E-state index contributed by atoms with van der Waals surface area (Å²) in [6.07, 6.45) is 3.93. The molecule has 3 heteroatoms. The molecule has 2 aliphatic rings. The van der Waals surface area contributed by atoms with Gasteiger partial charge in [-0.05, 0) is 30.6 Å². The van der Waals surface area contributed by atoms with Crippen LogP contribution in [0.5, 0.6) is 0 Å². The van der Waals surface area contributed by atoms with Crippen LogP contribution in [-0.2, 0) is 4.79 Å². The lowest BCUT2D eigenvalue weighted by Gasteiger charge is -2.38. The van der Waals surface area contributed by atoms with E-state index in [1.807, 2.05) is 4.90 Å². The third kappa shape index (κ3) is 2.49. The van der Waals surface area contributed by atoms with Crippen molar-refractivity contribution < 1.29 is 9.90 Å². The third-order valence-electron chi connectivity index (χ3n) is 4.79. The van der Waals surface area contributed by atoms with E-state index in [1.165, 1.54) is 0 Å². The average molecular weight is 239 g/mol. The number of amides is 1. The normalized spacial score (nSPS) is 37.2. The molecule has 98 valence electrons. The van der Waals surface area contributed by atoms with Crippen molar-refractivity contribution in [3.8, 4) is 0 Å². The molecule has 0 aromatic carbocycles. The molecule has 0 aromatic heterocycles. The van der Waals surface area contributed by atoms with E-state index in [4.69, 9.17) is 0 Å². The minimum Gasteiger partial charge on any atom is -0.391 e. The van der Waals surface area contributed by atoms with E-state index in [0.29, 0.717) is 12.5 Å². The smallest absolute Gasteiger partial charge is 0.226 e. The Labute approximate surface area is 104 Å². The number of hydrogen-bond acceptors (Lipinski definition) is 2. The summed E-state index contributed by atoms with van der Waals surface area (Å²) in [6, 6.07) is 0. The molecule has 3 nitrogen and oxygen atoms in total. The maximum absolute atomic E-state index is 12.5. The van der Waals surface area contributed by atoms with Crippen molar-refractivity contribution in [2.75, 3.05) is 13.1 Å². The van der Waals surface area contributed by atoms with E-state index in [9.17, 15) is 9.90 Å². The van der Waals surface area contributed by atoms with E-state index in [2.05, 4.69) is 20.8 Å². The molecular weight excluding hydrogens is 214 g/mol. The molecule has 1 saturated heterocycles. The second-order valence-electron chi connectivity index (χ2n) is 6.55. The topological polar surface area (TPSA) is 40.5 Å². The van der Waals surface area contributed by atoms with Crippen LogP contribution in [0.3, 0.4) is 0 Å². The highest BCUT2D eigenvalue weighted by atomic mass is 16.3. The second-order valence-corrected chi connectivity index (χ2v) is 6.55. The van der Waals surface area contributed by atoms with E-state index in [-0.39, 0.29) is 23.3 Å². The molecule has 0 radical (unpaired) electrons. The van der Waals surface area contributed by atoms with Crippen LogP contribution in [0.15, 0.2) is 0 Å². The minimum absolute atomic E-state index is 0.144. The number of aliphatic hydroxyl groups is 1. The second kappa shape index (κ2) is 4.60. The molecule has 1 amide bonds. The molecule has 17 heavy (non-hydrogen) atoms. The SMILES string of the molecule is CC1CCN(C(=O)C2CCCC2(C)C)CC1O. The quantitative estimate of drug-likeness (QED) is 0.760. The van der Waals surface area contributed by atoms with Gasteiger partial charge in [-0.15, -0.1) is 0 Å². The molecular formula is C14H25NO2. The maximum atomic E-state index is 12.5. The molecule has 1 aliphatic carbocycles. The number of piperidine rings is 1. The van der Waals surface area contributed by atoms with Gasteiger partial charge in [0, 0.05) is 19.0 Å². The zero-order chi connectivity index (χ0) is 12.6. The highest BCUT2D eigenvalue weighted by Gasteiger charge is 2.42. The lowest BCUT2D eigenvalue weighted by molar-refractivity contribution is -0.142. The lowest BCUT2D eigenvalue weighted by atomic mass is 9.80. The Hall–Kier alpha value is -0.570. The number of likely N-dealkylation sites (tertiary alicyclic amines) is 1. The molecule has 1 saturated carbocycles. The summed E-state index contributed by atoms with van der Waals surface area (Å²) in [7, 11) is 0.